The van der Waals surface area contributed by atoms with Crippen LogP contribution in [0.4, 0.5) is 10.1 Å². The molecule has 0 aliphatic heterocycles. The lowest BCUT2D eigenvalue weighted by Gasteiger charge is -2.05. The van der Waals surface area contributed by atoms with Crippen LogP contribution in [0.25, 0.3) is 0 Å². The normalized spacial score (nSPS) is 10.1. The third kappa shape index (κ3) is 3.77. The molecule has 0 spiro atoms. The molecule has 78 valence electrons. The van der Waals surface area contributed by atoms with E-state index in [-0.39, 0.29) is 6.67 Å². The highest BCUT2D eigenvalue weighted by Crippen LogP contribution is 2.11. The minimum absolute atomic E-state index is 0.322. The first-order valence-corrected chi connectivity index (χ1v) is 5.25. The first-order chi connectivity index (χ1) is 6.86. The lowest BCUT2D eigenvalue weighted by molar-refractivity contribution is 0.513. The molecule has 1 aromatic rings. The van der Waals surface area contributed by atoms with Gasteiger partial charge in [0.1, 0.15) is 6.67 Å². The van der Waals surface area contributed by atoms with Crippen LogP contribution < -0.4 is 5.32 Å². The van der Waals surface area contributed by atoms with Crippen LogP contribution in [-0.2, 0) is 6.42 Å². The van der Waals surface area contributed by atoms with Crippen molar-refractivity contribution < 1.29 is 4.39 Å². The molecule has 0 unspecified atom stereocenters. The molecular weight excluding hydrogens is 177 g/mol. The van der Waals surface area contributed by atoms with Crippen molar-refractivity contribution in [3.63, 3.8) is 0 Å². The Morgan fingerprint density at radius 3 is 2.50 bits per heavy atom. The summed E-state index contributed by atoms with van der Waals surface area (Å²) in [6.45, 7) is 2.27. The van der Waals surface area contributed by atoms with E-state index in [9.17, 15) is 4.39 Å². The molecule has 1 N–H and O–H groups in total. The number of rotatable bonds is 6. The standard InChI is InChI=1S/C12H18FN/c1-2-3-4-11-5-7-12(8-6-11)14-10-9-13/h5-8,14H,2-4,9-10H2,1H3. The van der Waals surface area contributed by atoms with Gasteiger partial charge in [-0.25, -0.2) is 4.39 Å². The third-order valence-electron chi connectivity index (χ3n) is 2.20. The molecular formula is C12H18FN. The summed E-state index contributed by atoms with van der Waals surface area (Å²) in [6.07, 6.45) is 3.60. The van der Waals surface area contributed by atoms with Crippen LogP contribution in [0.2, 0.25) is 0 Å². The van der Waals surface area contributed by atoms with Crippen LogP contribution in [0.1, 0.15) is 25.3 Å². The van der Waals surface area contributed by atoms with Crippen molar-refractivity contribution in [2.45, 2.75) is 26.2 Å². The van der Waals surface area contributed by atoms with E-state index in [1.165, 1.54) is 18.4 Å². The fraction of sp³-hybridized carbons (Fsp3) is 0.500. The van der Waals surface area contributed by atoms with E-state index in [0.29, 0.717) is 6.54 Å². The number of halogens is 1. The second-order valence-electron chi connectivity index (χ2n) is 3.42. The molecule has 1 aromatic carbocycles. The Morgan fingerprint density at radius 2 is 1.93 bits per heavy atom. The number of nitrogens with one attached hydrogen (secondary N) is 1. The van der Waals surface area contributed by atoms with E-state index in [1.54, 1.807) is 0 Å². The molecule has 0 aliphatic carbocycles. The fourth-order valence-electron chi connectivity index (χ4n) is 1.36. The number of hydrogen-bond donors (Lipinski definition) is 1. The molecule has 2 heteroatoms. The smallest absolute Gasteiger partial charge is 0.107 e. The summed E-state index contributed by atoms with van der Waals surface area (Å²) in [5, 5.41) is 3.00. The van der Waals surface area contributed by atoms with Gasteiger partial charge in [0.25, 0.3) is 0 Å². The lowest BCUT2D eigenvalue weighted by Crippen LogP contribution is -2.02. The molecule has 14 heavy (non-hydrogen) atoms. The Morgan fingerprint density at radius 1 is 1.21 bits per heavy atom. The van der Waals surface area contributed by atoms with Crippen molar-refractivity contribution in [2.24, 2.45) is 0 Å². The molecule has 0 saturated heterocycles. The number of alkyl halides is 1. The van der Waals surface area contributed by atoms with Crippen molar-refractivity contribution in [3.05, 3.63) is 29.8 Å². The maximum atomic E-state index is 11.9. The summed E-state index contributed by atoms with van der Waals surface area (Å²) in [7, 11) is 0. The summed E-state index contributed by atoms with van der Waals surface area (Å²) in [5.41, 5.74) is 2.36. The van der Waals surface area contributed by atoms with Crippen molar-refractivity contribution in [1.82, 2.24) is 0 Å². The number of anilines is 1. The zero-order valence-electron chi connectivity index (χ0n) is 8.72. The van der Waals surface area contributed by atoms with E-state index in [2.05, 4.69) is 24.4 Å². The Hall–Kier alpha value is -1.05. The second kappa shape index (κ2) is 6.41. The Balaban J connectivity index is 2.42. The molecule has 1 rings (SSSR count). The topological polar surface area (TPSA) is 12.0 Å². The molecule has 0 heterocycles. The number of hydrogen-bond acceptors (Lipinski definition) is 1. The van der Waals surface area contributed by atoms with Crippen LogP contribution in [0.3, 0.4) is 0 Å². The third-order valence-corrected chi connectivity index (χ3v) is 2.20. The van der Waals surface area contributed by atoms with Crippen LogP contribution in [-0.4, -0.2) is 13.2 Å². The first kappa shape index (κ1) is 11.0. The lowest BCUT2D eigenvalue weighted by atomic mass is 10.1. The maximum absolute atomic E-state index is 11.9. The van der Waals surface area contributed by atoms with Gasteiger partial charge in [0.05, 0.1) is 0 Å². The summed E-state index contributed by atoms with van der Waals surface area (Å²) in [5.74, 6) is 0. The summed E-state index contributed by atoms with van der Waals surface area (Å²) in [6, 6.07) is 8.24. The zero-order valence-corrected chi connectivity index (χ0v) is 8.72. The molecule has 0 aromatic heterocycles. The van der Waals surface area contributed by atoms with Crippen molar-refractivity contribution in [2.75, 3.05) is 18.5 Å². The largest absolute Gasteiger partial charge is 0.382 e. The van der Waals surface area contributed by atoms with E-state index < -0.39 is 0 Å². The van der Waals surface area contributed by atoms with Gasteiger partial charge in [0.2, 0.25) is 0 Å². The predicted octanol–water partition coefficient (Wildman–Crippen LogP) is 3.41. The van der Waals surface area contributed by atoms with Gasteiger partial charge >= 0.3 is 0 Å². The molecule has 0 fully saturated rings. The molecule has 0 bridgehead atoms. The molecule has 1 nitrogen and oxygen atoms in total. The van der Waals surface area contributed by atoms with E-state index in [0.717, 1.165) is 12.1 Å². The van der Waals surface area contributed by atoms with Gasteiger partial charge in [-0.2, -0.15) is 0 Å². The summed E-state index contributed by atoms with van der Waals surface area (Å²) in [4.78, 5) is 0. The molecule has 0 amide bonds. The Bertz CT molecular complexity index is 216. The Labute approximate surface area is 85.3 Å². The van der Waals surface area contributed by atoms with Crippen LogP contribution >= 0.6 is 0 Å². The zero-order chi connectivity index (χ0) is 10.2. The monoisotopic (exact) mass is 195 g/mol. The van der Waals surface area contributed by atoms with Crippen LogP contribution in [0, 0.1) is 0 Å². The van der Waals surface area contributed by atoms with Gasteiger partial charge in [0.15, 0.2) is 0 Å². The highest BCUT2D eigenvalue weighted by Gasteiger charge is 1.93. The van der Waals surface area contributed by atoms with Gasteiger partial charge in [-0.3, -0.25) is 0 Å². The van der Waals surface area contributed by atoms with Crippen molar-refractivity contribution >= 4 is 5.69 Å². The highest BCUT2D eigenvalue weighted by atomic mass is 19.1. The predicted molar refractivity (Wildman–Crippen MR) is 59.5 cm³/mol. The minimum Gasteiger partial charge on any atom is -0.382 e. The number of unbranched alkanes of at least 4 members (excludes halogenated alkanes) is 1. The van der Waals surface area contributed by atoms with E-state index in [4.69, 9.17) is 0 Å². The second-order valence-corrected chi connectivity index (χ2v) is 3.42. The van der Waals surface area contributed by atoms with Gasteiger partial charge < -0.3 is 5.32 Å². The van der Waals surface area contributed by atoms with Crippen LogP contribution in [0.5, 0.6) is 0 Å². The van der Waals surface area contributed by atoms with Crippen molar-refractivity contribution in [1.29, 1.82) is 0 Å². The van der Waals surface area contributed by atoms with Crippen LogP contribution in [0.15, 0.2) is 24.3 Å². The molecule has 0 radical (unpaired) electrons. The Kier molecular flexibility index (Phi) is 5.05. The number of aryl methyl sites for hydroxylation is 1. The van der Waals surface area contributed by atoms with E-state index >= 15 is 0 Å². The van der Waals surface area contributed by atoms with Gasteiger partial charge in [-0.05, 0) is 30.5 Å². The molecule has 0 saturated carbocycles. The maximum Gasteiger partial charge on any atom is 0.107 e. The van der Waals surface area contributed by atoms with Crippen molar-refractivity contribution in [3.8, 4) is 0 Å². The fourth-order valence-corrected chi connectivity index (χ4v) is 1.36. The number of benzene rings is 1. The minimum atomic E-state index is -0.322. The SMILES string of the molecule is CCCCc1ccc(NCCF)cc1. The highest BCUT2D eigenvalue weighted by molar-refractivity contribution is 5.44. The average Bonchev–Trinajstić information content (AvgIpc) is 2.25. The summed E-state index contributed by atoms with van der Waals surface area (Å²) >= 11 is 0. The molecule has 0 aliphatic rings. The van der Waals surface area contributed by atoms with Gasteiger partial charge in [0, 0.05) is 12.2 Å². The molecule has 0 atom stereocenters. The summed E-state index contributed by atoms with van der Waals surface area (Å²) < 4.78 is 11.9. The van der Waals surface area contributed by atoms with Gasteiger partial charge in [-0.15, -0.1) is 0 Å². The first-order valence-electron chi connectivity index (χ1n) is 5.25. The quantitative estimate of drug-likeness (QED) is 0.733. The van der Waals surface area contributed by atoms with E-state index in [1.807, 2.05) is 12.1 Å². The van der Waals surface area contributed by atoms with Gasteiger partial charge in [-0.1, -0.05) is 25.5 Å². The average molecular weight is 195 g/mol.